The van der Waals surface area contributed by atoms with Gasteiger partial charge in [0.25, 0.3) is 0 Å². The summed E-state index contributed by atoms with van der Waals surface area (Å²) < 4.78 is 16.1. The fourth-order valence-electron chi connectivity index (χ4n) is 1.70. The highest BCUT2D eigenvalue weighted by Gasteiger charge is 2.28. The summed E-state index contributed by atoms with van der Waals surface area (Å²) in [6, 6.07) is 5.58. The van der Waals surface area contributed by atoms with Crippen LogP contribution in [0.25, 0.3) is 0 Å². The van der Waals surface area contributed by atoms with Gasteiger partial charge in [0.05, 0.1) is 25.3 Å². The van der Waals surface area contributed by atoms with Crippen LogP contribution in [0.5, 0.6) is 11.5 Å². The van der Waals surface area contributed by atoms with Crippen LogP contribution in [0, 0.1) is 0 Å². The van der Waals surface area contributed by atoms with Crippen LogP contribution in [-0.4, -0.2) is 32.3 Å². The third-order valence-corrected chi connectivity index (χ3v) is 2.60. The molecule has 1 aromatic carbocycles. The van der Waals surface area contributed by atoms with Crippen molar-refractivity contribution in [3.63, 3.8) is 0 Å². The highest BCUT2D eigenvalue weighted by atomic mass is 16.5. The molecule has 1 aromatic rings. The molecule has 0 aromatic heterocycles. The molecule has 1 heterocycles. The summed E-state index contributed by atoms with van der Waals surface area (Å²) in [6.45, 7) is 16.7. The van der Waals surface area contributed by atoms with Gasteiger partial charge >= 0.3 is 0 Å². The second-order valence-corrected chi connectivity index (χ2v) is 4.58. The van der Waals surface area contributed by atoms with E-state index in [2.05, 4.69) is 4.99 Å². The van der Waals surface area contributed by atoms with E-state index in [9.17, 15) is 0 Å². The van der Waals surface area contributed by atoms with Gasteiger partial charge in [-0.3, -0.25) is 0 Å². The minimum atomic E-state index is -0.177. The van der Waals surface area contributed by atoms with E-state index in [4.69, 9.17) is 14.2 Å². The molecule has 0 N–H and O–H groups in total. The van der Waals surface area contributed by atoms with E-state index in [-0.39, 0.29) is 5.54 Å². The average Bonchev–Trinajstić information content (AvgIpc) is 2.99. The highest BCUT2D eigenvalue weighted by Crippen LogP contribution is 2.29. The molecule has 1 aliphatic rings. The number of rotatable bonds is 3. The normalized spacial score (nSPS) is 13.6. The molecule has 0 unspecified atom stereocenters. The number of hydrogen-bond acceptors (Lipinski definition) is 4. The molecule has 1 aliphatic heterocycles. The molecule has 2 rings (SSSR count). The molecule has 0 radical (unpaired) electrons. The summed E-state index contributed by atoms with van der Waals surface area (Å²) in [5, 5.41) is 0. The van der Waals surface area contributed by atoms with Crippen LogP contribution < -0.4 is 9.47 Å². The van der Waals surface area contributed by atoms with Crippen molar-refractivity contribution in [3.05, 3.63) is 23.8 Å². The molecule has 0 saturated carbocycles. The van der Waals surface area contributed by atoms with Crippen LogP contribution in [0.2, 0.25) is 0 Å². The van der Waals surface area contributed by atoms with Crippen LogP contribution in [0.3, 0.4) is 0 Å². The molecule has 0 atom stereocenters. The van der Waals surface area contributed by atoms with Gasteiger partial charge in [-0.05, 0) is 32.0 Å². The fourth-order valence-corrected chi connectivity index (χ4v) is 1.70. The molecular formula is C19H35NO3. The lowest BCUT2D eigenvalue weighted by molar-refractivity contribution is 0.278. The Hall–Kier alpha value is -1.71. The van der Waals surface area contributed by atoms with Gasteiger partial charge < -0.3 is 14.2 Å². The smallest absolute Gasteiger partial charge is 0.220 e. The van der Waals surface area contributed by atoms with Crippen molar-refractivity contribution in [2.45, 2.75) is 60.9 Å². The number of benzene rings is 1. The van der Waals surface area contributed by atoms with Crippen LogP contribution in [0.15, 0.2) is 23.2 Å². The van der Waals surface area contributed by atoms with E-state index < -0.39 is 0 Å². The van der Waals surface area contributed by atoms with E-state index >= 15 is 0 Å². The van der Waals surface area contributed by atoms with Crippen molar-refractivity contribution >= 4 is 5.90 Å². The summed E-state index contributed by atoms with van der Waals surface area (Å²) in [6.07, 6.45) is 0. The van der Waals surface area contributed by atoms with Crippen molar-refractivity contribution in [2.24, 2.45) is 4.99 Å². The molecule has 0 aliphatic carbocycles. The van der Waals surface area contributed by atoms with Crippen LogP contribution >= 0.6 is 0 Å². The second kappa shape index (κ2) is 12.8. The largest absolute Gasteiger partial charge is 0.497 e. The zero-order valence-electron chi connectivity index (χ0n) is 16.6. The SMILES string of the molecule is CC.CC.CC.COc1ccc(OC)c(C2=NC(C)(C)CO2)c1. The molecule has 23 heavy (non-hydrogen) atoms. The predicted molar refractivity (Wildman–Crippen MR) is 100 cm³/mol. The average molecular weight is 325 g/mol. The van der Waals surface area contributed by atoms with Crippen LogP contribution in [-0.2, 0) is 4.74 Å². The molecule has 134 valence electrons. The molecule has 0 saturated heterocycles. The Morgan fingerprint density at radius 3 is 1.91 bits per heavy atom. The number of ether oxygens (including phenoxy) is 3. The Balaban J connectivity index is 0. The predicted octanol–water partition coefficient (Wildman–Crippen LogP) is 5.34. The zero-order chi connectivity index (χ0) is 18.5. The van der Waals surface area contributed by atoms with Gasteiger partial charge in [0.2, 0.25) is 5.90 Å². The van der Waals surface area contributed by atoms with Gasteiger partial charge in [0.1, 0.15) is 18.1 Å². The Bertz CT molecular complexity index is 454. The van der Waals surface area contributed by atoms with Gasteiger partial charge in [-0.1, -0.05) is 41.5 Å². The lowest BCUT2D eigenvalue weighted by Crippen LogP contribution is -2.17. The lowest BCUT2D eigenvalue weighted by Gasteiger charge is -2.09. The van der Waals surface area contributed by atoms with Gasteiger partial charge in [-0.2, -0.15) is 0 Å². The fraction of sp³-hybridized carbons (Fsp3) is 0.632. The lowest BCUT2D eigenvalue weighted by atomic mass is 10.1. The first kappa shape index (κ1) is 23.6. The maximum atomic E-state index is 5.61. The first-order valence-corrected chi connectivity index (χ1v) is 8.51. The summed E-state index contributed by atoms with van der Waals surface area (Å²) in [4.78, 5) is 4.53. The van der Waals surface area contributed by atoms with Crippen molar-refractivity contribution < 1.29 is 14.2 Å². The minimum Gasteiger partial charge on any atom is -0.497 e. The Labute approximate surface area is 142 Å². The van der Waals surface area contributed by atoms with Gasteiger partial charge in [-0.15, -0.1) is 0 Å². The van der Waals surface area contributed by atoms with Crippen molar-refractivity contribution in [3.8, 4) is 11.5 Å². The third kappa shape index (κ3) is 7.40. The Morgan fingerprint density at radius 1 is 0.957 bits per heavy atom. The molecule has 4 nitrogen and oxygen atoms in total. The maximum Gasteiger partial charge on any atom is 0.220 e. The van der Waals surface area contributed by atoms with Crippen molar-refractivity contribution in [1.82, 2.24) is 0 Å². The molecule has 0 fully saturated rings. The van der Waals surface area contributed by atoms with Gasteiger partial charge in [-0.25, -0.2) is 4.99 Å². The first-order valence-electron chi connectivity index (χ1n) is 8.51. The van der Waals surface area contributed by atoms with E-state index in [1.807, 2.05) is 73.6 Å². The van der Waals surface area contributed by atoms with Crippen molar-refractivity contribution in [2.75, 3.05) is 20.8 Å². The standard InChI is InChI=1S/C13H17NO3.3C2H6/c1-13(2)8-17-12(14-13)10-7-9(15-3)5-6-11(10)16-4;3*1-2/h5-7H,8H2,1-4H3;3*1-2H3. The van der Waals surface area contributed by atoms with Crippen molar-refractivity contribution in [1.29, 1.82) is 0 Å². The Morgan fingerprint density at radius 2 is 1.52 bits per heavy atom. The molecule has 0 amide bonds. The Kier molecular flexibility index (Phi) is 13.1. The molecule has 0 bridgehead atoms. The number of aliphatic imine (C=N–C) groups is 1. The monoisotopic (exact) mass is 325 g/mol. The number of nitrogens with zero attached hydrogens (tertiary/aromatic N) is 1. The summed E-state index contributed by atoms with van der Waals surface area (Å²) in [5.41, 5.74) is 0.654. The topological polar surface area (TPSA) is 40.0 Å². The minimum absolute atomic E-state index is 0.177. The molecular weight excluding hydrogens is 290 g/mol. The van der Waals surface area contributed by atoms with Gasteiger partial charge in [0, 0.05) is 0 Å². The van der Waals surface area contributed by atoms with Gasteiger partial charge in [0.15, 0.2) is 0 Å². The number of methoxy groups -OCH3 is 2. The highest BCUT2D eigenvalue weighted by molar-refractivity contribution is 5.98. The summed E-state index contributed by atoms with van der Waals surface area (Å²) >= 11 is 0. The summed E-state index contributed by atoms with van der Waals surface area (Å²) in [7, 11) is 3.26. The van der Waals surface area contributed by atoms with E-state index in [0.29, 0.717) is 12.5 Å². The van der Waals surface area contributed by atoms with E-state index in [1.54, 1.807) is 14.2 Å². The zero-order valence-corrected chi connectivity index (χ0v) is 16.6. The quantitative estimate of drug-likeness (QED) is 0.753. The van der Waals surface area contributed by atoms with Crippen LogP contribution in [0.1, 0.15) is 61.0 Å². The molecule has 4 heteroatoms. The first-order chi connectivity index (χ1) is 11.1. The maximum absolute atomic E-state index is 5.61. The van der Waals surface area contributed by atoms with E-state index in [1.165, 1.54) is 0 Å². The second-order valence-electron chi connectivity index (χ2n) is 4.58. The van der Waals surface area contributed by atoms with E-state index in [0.717, 1.165) is 17.1 Å². The number of hydrogen-bond donors (Lipinski definition) is 0. The molecule has 0 spiro atoms. The third-order valence-electron chi connectivity index (χ3n) is 2.60. The summed E-state index contributed by atoms with van der Waals surface area (Å²) in [5.74, 6) is 2.12. The van der Waals surface area contributed by atoms with Crippen LogP contribution in [0.4, 0.5) is 0 Å².